The van der Waals surface area contributed by atoms with Crippen LogP contribution >= 0.6 is 36.2 Å². The Balaban J connectivity index is 0.00000182. The summed E-state index contributed by atoms with van der Waals surface area (Å²) in [6.07, 6.45) is 1.56. The number of amides is 1. The van der Waals surface area contributed by atoms with Crippen molar-refractivity contribution in [2.45, 2.75) is 12.8 Å². The van der Waals surface area contributed by atoms with Crippen LogP contribution in [0.15, 0.2) is 29.6 Å². The molecular weight excluding hydrogens is 410 g/mol. The van der Waals surface area contributed by atoms with E-state index in [1.54, 1.807) is 17.5 Å². The van der Waals surface area contributed by atoms with Crippen LogP contribution in [0.4, 0.5) is 4.39 Å². The Morgan fingerprint density at radius 2 is 1.93 bits per heavy atom. The maximum Gasteiger partial charge on any atom is 0.270 e. The van der Waals surface area contributed by atoms with E-state index < -0.39 is 0 Å². The molecule has 1 aliphatic heterocycles. The molecule has 27 heavy (non-hydrogen) atoms. The number of piperazine rings is 1. The van der Waals surface area contributed by atoms with Gasteiger partial charge in [0.05, 0.1) is 5.01 Å². The number of carbonyl (C=O) groups excluding carboxylic acids is 1. The van der Waals surface area contributed by atoms with E-state index in [9.17, 15) is 9.18 Å². The molecular formula is C18H25Cl2FN4OS. The van der Waals surface area contributed by atoms with E-state index in [4.69, 9.17) is 0 Å². The van der Waals surface area contributed by atoms with Crippen molar-refractivity contribution < 1.29 is 9.18 Å². The third kappa shape index (κ3) is 7.71. The Hall–Kier alpha value is -1.25. The summed E-state index contributed by atoms with van der Waals surface area (Å²) in [5.41, 5.74) is 1.45. The third-order valence-corrected chi connectivity index (χ3v) is 5.05. The summed E-state index contributed by atoms with van der Waals surface area (Å²) in [6.45, 7) is 5.91. The number of carbonyl (C=O) groups is 1. The van der Waals surface area contributed by atoms with E-state index in [1.165, 1.54) is 23.5 Å². The first-order valence-electron chi connectivity index (χ1n) is 8.61. The molecule has 0 aliphatic carbocycles. The van der Waals surface area contributed by atoms with Crippen LogP contribution < -0.4 is 10.6 Å². The zero-order valence-corrected chi connectivity index (χ0v) is 17.4. The normalized spacial score (nSPS) is 14.1. The van der Waals surface area contributed by atoms with E-state index in [0.717, 1.165) is 49.7 Å². The van der Waals surface area contributed by atoms with Crippen molar-refractivity contribution in [2.75, 3.05) is 39.3 Å². The van der Waals surface area contributed by atoms with Crippen molar-refractivity contribution in [1.82, 2.24) is 20.5 Å². The standard InChI is InChI=1S/C18H23FN4OS.2ClH/c19-15-4-2-14(3-5-15)12-17-22-16(13-25-17)18(24)21-6-1-9-23-10-7-20-8-11-23;;/h2-5,13,20H,1,6-12H2,(H,21,24);2*1H. The molecule has 0 atom stereocenters. The molecule has 2 heterocycles. The highest BCUT2D eigenvalue weighted by molar-refractivity contribution is 7.09. The topological polar surface area (TPSA) is 57.3 Å². The third-order valence-electron chi connectivity index (χ3n) is 4.20. The van der Waals surface area contributed by atoms with E-state index in [2.05, 4.69) is 20.5 Å². The number of thiazole rings is 1. The Morgan fingerprint density at radius 3 is 2.63 bits per heavy atom. The van der Waals surface area contributed by atoms with E-state index in [1.807, 2.05) is 0 Å². The van der Waals surface area contributed by atoms with Crippen molar-refractivity contribution in [2.24, 2.45) is 0 Å². The van der Waals surface area contributed by atoms with Crippen LogP contribution in [-0.2, 0) is 6.42 Å². The van der Waals surface area contributed by atoms with Gasteiger partial charge in [-0.2, -0.15) is 0 Å². The number of nitrogens with zero attached hydrogens (tertiary/aromatic N) is 2. The molecule has 1 aromatic carbocycles. The highest BCUT2D eigenvalue weighted by atomic mass is 35.5. The van der Waals surface area contributed by atoms with Crippen LogP contribution in [0, 0.1) is 5.82 Å². The zero-order chi connectivity index (χ0) is 17.5. The lowest BCUT2D eigenvalue weighted by atomic mass is 10.1. The Bertz CT molecular complexity index is 693. The second kappa shape index (κ2) is 12.3. The van der Waals surface area contributed by atoms with Gasteiger partial charge < -0.3 is 15.5 Å². The van der Waals surface area contributed by atoms with Gasteiger partial charge in [0.1, 0.15) is 11.5 Å². The number of nitrogens with one attached hydrogen (secondary N) is 2. The molecule has 1 aromatic heterocycles. The van der Waals surface area contributed by atoms with Gasteiger partial charge in [0.25, 0.3) is 5.91 Å². The van der Waals surface area contributed by atoms with E-state index in [-0.39, 0.29) is 36.5 Å². The van der Waals surface area contributed by atoms with Gasteiger partial charge in [-0.15, -0.1) is 36.2 Å². The predicted octanol–water partition coefficient (Wildman–Crippen LogP) is 2.74. The average molecular weight is 435 g/mol. The largest absolute Gasteiger partial charge is 0.351 e. The molecule has 2 aromatic rings. The van der Waals surface area contributed by atoms with Gasteiger partial charge in [0.15, 0.2) is 0 Å². The fourth-order valence-corrected chi connectivity index (χ4v) is 3.61. The first-order chi connectivity index (χ1) is 12.2. The lowest BCUT2D eigenvalue weighted by Gasteiger charge is -2.26. The Labute approximate surface area is 175 Å². The SMILES string of the molecule is Cl.Cl.O=C(NCCCN1CCNCC1)c1csc(Cc2ccc(F)cc2)n1. The first kappa shape index (κ1) is 23.8. The molecule has 1 aliphatic rings. The van der Waals surface area contributed by atoms with Crippen molar-refractivity contribution in [3.05, 3.63) is 51.7 Å². The van der Waals surface area contributed by atoms with Crippen LogP contribution in [0.1, 0.15) is 27.5 Å². The van der Waals surface area contributed by atoms with Gasteiger partial charge in [0.2, 0.25) is 0 Å². The summed E-state index contributed by atoms with van der Waals surface area (Å²) < 4.78 is 12.9. The molecule has 0 saturated carbocycles. The lowest BCUT2D eigenvalue weighted by molar-refractivity contribution is 0.0947. The van der Waals surface area contributed by atoms with Crippen molar-refractivity contribution >= 4 is 42.1 Å². The second-order valence-electron chi connectivity index (χ2n) is 6.13. The molecule has 1 amide bonds. The first-order valence-corrected chi connectivity index (χ1v) is 9.49. The van der Waals surface area contributed by atoms with Crippen molar-refractivity contribution in [1.29, 1.82) is 0 Å². The Kier molecular flexibility index (Phi) is 10.8. The summed E-state index contributed by atoms with van der Waals surface area (Å²) in [5, 5.41) is 8.91. The number of hydrogen-bond acceptors (Lipinski definition) is 5. The van der Waals surface area contributed by atoms with Crippen LogP contribution in [0.25, 0.3) is 0 Å². The summed E-state index contributed by atoms with van der Waals surface area (Å²) in [7, 11) is 0. The molecule has 150 valence electrons. The molecule has 0 spiro atoms. The molecule has 2 N–H and O–H groups in total. The molecule has 0 radical (unpaired) electrons. The van der Waals surface area contributed by atoms with Crippen LogP contribution in [0.3, 0.4) is 0 Å². The van der Waals surface area contributed by atoms with Gasteiger partial charge in [-0.05, 0) is 30.7 Å². The molecule has 9 heteroatoms. The molecule has 3 rings (SSSR count). The number of halogens is 3. The fourth-order valence-electron chi connectivity index (χ4n) is 2.80. The van der Waals surface area contributed by atoms with E-state index in [0.29, 0.717) is 18.7 Å². The second-order valence-corrected chi connectivity index (χ2v) is 7.07. The average Bonchev–Trinajstić information content (AvgIpc) is 3.10. The van der Waals surface area contributed by atoms with Crippen LogP contribution in [-0.4, -0.2) is 55.1 Å². The summed E-state index contributed by atoms with van der Waals surface area (Å²) in [5.74, 6) is -0.370. The highest BCUT2D eigenvalue weighted by Crippen LogP contribution is 2.15. The molecule has 1 fully saturated rings. The number of benzene rings is 1. The van der Waals surface area contributed by atoms with Crippen molar-refractivity contribution in [3.63, 3.8) is 0 Å². The summed E-state index contributed by atoms with van der Waals surface area (Å²) >= 11 is 1.46. The van der Waals surface area contributed by atoms with Gasteiger partial charge in [-0.1, -0.05) is 12.1 Å². The van der Waals surface area contributed by atoms with Crippen LogP contribution in [0.2, 0.25) is 0 Å². The van der Waals surface area contributed by atoms with Crippen molar-refractivity contribution in [3.8, 4) is 0 Å². The Morgan fingerprint density at radius 1 is 1.22 bits per heavy atom. The molecule has 1 saturated heterocycles. The smallest absolute Gasteiger partial charge is 0.270 e. The fraction of sp³-hybridized carbons (Fsp3) is 0.444. The quantitative estimate of drug-likeness (QED) is 0.657. The highest BCUT2D eigenvalue weighted by Gasteiger charge is 2.12. The van der Waals surface area contributed by atoms with Gasteiger partial charge in [0, 0.05) is 44.5 Å². The monoisotopic (exact) mass is 434 g/mol. The number of aromatic nitrogens is 1. The molecule has 0 bridgehead atoms. The molecule has 0 unspecified atom stereocenters. The van der Waals surface area contributed by atoms with Crippen LogP contribution in [0.5, 0.6) is 0 Å². The minimum absolute atomic E-state index is 0. The lowest BCUT2D eigenvalue weighted by Crippen LogP contribution is -2.44. The minimum atomic E-state index is -0.247. The minimum Gasteiger partial charge on any atom is -0.351 e. The summed E-state index contributed by atoms with van der Waals surface area (Å²) in [6, 6.07) is 6.36. The predicted molar refractivity (Wildman–Crippen MR) is 112 cm³/mol. The maximum absolute atomic E-state index is 12.9. The van der Waals surface area contributed by atoms with E-state index >= 15 is 0 Å². The number of rotatable bonds is 7. The summed E-state index contributed by atoms with van der Waals surface area (Å²) in [4.78, 5) is 19.0. The molecule has 5 nitrogen and oxygen atoms in total. The number of hydrogen-bond donors (Lipinski definition) is 2. The van der Waals surface area contributed by atoms with Gasteiger partial charge in [-0.3, -0.25) is 4.79 Å². The van der Waals surface area contributed by atoms with Gasteiger partial charge >= 0.3 is 0 Å². The van der Waals surface area contributed by atoms with Gasteiger partial charge in [-0.25, -0.2) is 9.37 Å². The maximum atomic E-state index is 12.9. The zero-order valence-electron chi connectivity index (χ0n) is 14.9.